The van der Waals surface area contributed by atoms with Crippen LogP contribution in [0.25, 0.3) is 0 Å². The summed E-state index contributed by atoms with van der Waals surface area (Å²) in [4.78, 5) is 12.3. The Morgan fingerprint density at radius 3 is 2.38 bits per heavy atom. The fourth-order valence-electron chi connectivity index (χ4n) is 2.47. The van der Waals surface area contributed by atoms with Crippen molar-refractivity contribution >= 4 is 23.2 Å². The lowest BCUT2D eigenvalue weighted by Gasteiger charge is -2.21. The predicted octanol–water partition coefficient (Wildman–Crippen LogP) is 5.18. The van der Waals surface area contributed by atoms with Gasteiger partial charge in [-0.05, 0) is 38.1 Å². The van der Waals surface area contributed by atoms with Crippen molar-refractivity contribution in [2.75, 3.05) is 5.32 Å². The second-order valence-corrected chi connectivity index (χ2v) is 6.24. The SMILES string of the molecule is CC(NC(C)c1ccccc1F)C(=O)Nc1ccc(Cl)cc1C(F)(F)F. The first-order valence-electron chi connectivity index (χ1n) is 7.77. The number of benzene rings is 2. The molecule has 0 heterocycles. The fourth-order valence-corrected chi connectivity index (χ4v) is 2.64. The van der Waals surface area contributed by atoms with E-state index in [-0.39, 0.29) is 10.7 Å². The predicted molar refractivity (Wildman–Crippen MR) is 92.5 cm³/mol. The molecule has 2 N–H and O–H groups in total. The van der Waals surface area contributed by atoms with Crippen LogP contribution in [0.4, 0.5) is 23.2 Å². The van der Waals surface area contributed by atoms with Gasteiger partial charge >= 0.3 is 6.18 Å². The van der Waals surface area contributed by atoms with Crippen LogP contribution in [0.5, 0.6) is 0 Å². The summed E-state index contributed by atoms with van der Waals surface area (Å²) in [6.07, 6.45) is -4.66. The van der Waals surface area contributed by atoms with Gasteiger partial charge in [0.1, 0.15) is 5.82 Å². The van der Waals surface area contributed by atoms with Crippen LogP contribution in [0.3, 0.4) is 0 Å². The molecule has 0 aliphatic carbocycles. The second-order valence-electron chi connectivity index (χ2n) is 5.81. The van der Waals surface area contributed by atoms with E-state index in [0.717, 1.165) is 12.1 Å². The van der Waals surface area contributed by atoms with Crippen LogP contribution in [-0.4, -0.2) is 11.9 Å². The number of halogens is 5. The van der Waals surface area contributed by atoms with Crippen molar-refractivity contribution in [3.05, 3.63) is 64.4 Å². The number of amides is 1. The van der Waals surface area contributed by atoms with E-state index in [1.165, 1.54) is 19.1 Å². The minimum absolute atomic E-state index is 0.0883. The Bertz CT molecular complexity index is 795. The van der Waals surface area contributed by atoms with Crippen molar-refractivity contribution in [1.29, 1.82) is 0 Å². The molecular weight excluding hydrogens is 372 g/mol. The molecule has 0 spiro atoms. The van der Waals surface area contributed by atoms with Gasteiger partial charge in [0.25, 0.3) is 0 Å². The summed E-state index contributed by atoms with van der Waals surface area (Å²) < 4.78 is 53.0. The molecule has 0 saturated carbocycles. The molecule has 1 amide bonds. The lowest BCUT2D eigenvalue weighted by atomic mass is 10.1. The number of alkyl halides is 3. The minimum atomic E-state index is -4.66. The van der Waals surface area contributed by atoms with Gasteiger partial charge in [-0.15, -0.1) is 0 Å². The monoisotopic (exact) mass is 388 g/mol. The summed E-state index contributed by atoms with van der Waals surface area (Å²) in [7, 11) is 0. The van der Waals surface area contributed by atoms with Gasteiger partial charge in [-0.25, -0.2) is 4.39 Å². The van der Waals surface area contributed by atoms with Crippen LogP contribution in [-0.2, 0) is 11.0 Å². The Labute approximate surface area is 153 Å². The second kappa shape index (κ2) is 8.05. The van der Waals surface area contributed by atoms with Crippen molar-refractivity contribution in [1.82, 2.24) is 5.32 Å². The van der Waals surface area contributed by atoms with Gasteiger partial charge in [0.05, 0.1) is 17.3 Å². The van der Waals surface area contributed by atoms with Crippen molar-refractivity contribution in [3.63, 3.8) is 0 Å². The van der Waals surface area contributed by atoms with Gasteiger partial charge in [0.2, 0.25) is 5.91 Å². The number of carbonyl (C=O) groups is 1. The van der Waals surface area contributed by atoms with Crippen LogP contribution >= 0.6 is 11.6 Å². The third-order valence-electron chi connectivity index (χ3n) is 3.81. The van der Waals surface area contributed by atoms with Crippen molar-refractivity contribution in [2.45, 2.75) is 32.1 Å². The molecule has 0 saturated heterocycles. The molecule has 26 heavy (non-hydrogen) atoms. The maximum absolute atomic E-state index is 13.8. The molecule has 0 aliphatic heterocycles. The molecule has 2 atom stereocenters. The molecule has 0 fully saturated rings. The highest BCUT2D eigenvalue weighted by molar-refractivity contribution is 6.30. The van der Waals surface area contributed by atoms with Crippen LogP contribution in [0.15, 0.2) is 42.5 Å². The molecule has 2 aromatic rings. The van der Waals surface area contributed by atoms with Crippen LogP contribution in [0, 0.1) is 5.82 Å². The van der Waals surface area contributed by atoms with Gasteiger partial charge in [-0.2, -0.15) is 13.2 Å². The molecule has 2 rings (SSSR count). The lowest BCUT2D eigenvalue weighted by molar-refractivity contribution is -0.137. The Kier molecular flexibility index (Phi) is 6.26. The number of rotatable bonds is 5. The normalized spacial score (nSPS) is 14.0. The Balaban J connectivity index is 2.12. The molecule has 140 valence electrons. The summed E-state index contributed by atoms with van der Waals surface area (Å²) >= 11 is 5.61. The molecule has 0 aliphatic rings. The maximum Gasteiger partial charge on any atom is 0.418 e. The largest absolute Gasteiger partial charge is 0.418 e. The molecule has 2 unspecified atom stereocenters. The Hall–Kier alpha value is -2.12. The minimum Gasteiger partial charge on any atom is -0.324 e. The average Bonchev–Trinajstić information content (AvgIpc) is 2.55. The highest BCUT2D eigenvalue weighted by Gasteiger charge is 2.34. The number of anilines is 1. The first kappa shape index (κ1) is 20.2. The molecule has 0 bridgehead atoms. The van der Waals surface area contributed by atoms with E-state index in [9.17, 15) is 22.4 Å². The lowest BCUT2D eigenvalue weighted by Crippen LogP contribution is -2.40. The average molecular weight is 389 g/mol. The third-order valence-corrected chi connectivity index (χ3v) is 4.04. The van der Waals surface area contributed by atoms with Gasteiger partial charge in [0, 0.05) is 16.6 Å². The van der Waals surface area contributed by atoms with Crippen LogP contribution in [0.2, 0.25) is 5.02 Å². The van der Waals surface area contributed by atoms with E-state index in [1.807, 2.05) is 0 Å². The third kappa shape index (κ3) is 4.95. The first-order chi connectivity index (χ1) is 12.1. The number of nitrogens with one attached hydrogen (secondary N) is 2. The van der Waals surface area contributed by atoms with Gasteiger partial charge in [-0.1, -0.05) is 29.8 Å². The summed E-state index contributed by atoms with van der Waals surface area (Å²) in [6.45, 7) is 3.14. The van der Waals surface area contributed by atoms with Gasteiger partial charge in [-0.3, -0.25) is 10.1 Å². The number of hydrogen-bond acceptors (Lipinski definition) is 2. The summed E-state index contributed by atoms with van der Waals surface area (Å²) in [5.74, 6) is -1.11. The smallest absolute Gasteiger partial charge is 0.324 e. The van der Waals surface area contributed by atoms with E-state index in [4.69, 9.17) is 11.6 Å². The van der Waals surface area contributed by atoms with E-state index in [2.05, 4.69) is 10.6 Å². The van der Waals surface area contributed by atoms with E-state index >= 15 is 0 Å². The van der Waals surface area contributed by atoms with E-state index < -0.39 is 35.5 Å². The quantitative estimate of drug-likeness (QED) is 0.693. The highest BCUT2D eigenvalue weighted by atomic mass is 35.5. The summed E-state index contributed by atoms with van der Waals surface area (Å²) in [6, 6.07) is 7.79. The highest BCUT2D eigenvalue weighted by Crippen LogP contribution is 2.36. The maximum atomic E-state index is 13.8. The standard InChI is InChI=1S/C18H17ClF4N2O/c1-10(13-5-3-4-6-15(13)20)24-11(2)17(26)25-16-8-7-12(19)9-14(16)18(21,22)23/h3-11,24H,1-2H3,(H,25,26). The topological polar surface area (TPSA) is 41.1 Å². The van der Waals surface area contributed by atoms with Crippen LogP contribution < -0.4 is 10.6 Å². The Morgan fingerprint density at radius 1 is 1.12 bits per heavy atom. The summed E-state index contributed by atoms with van der Waals surface area (Å²) in [5, 5.41) is 5.02. The van der Waals surface area contributed by atoms with Gasteiger partial charge in [0.15, 0.2) is 0 Å². The molecule has 0 radical (unpaired) electrons. The number of hydrogen-bond donors (Lipinski definition) is 2. The van der Waals surface area contributed by atoms with Gasteiger partial charge < -0.3 is 5.32 Å². The van der Waals surface area contributed by atoms with Crippen LogP contribution in [0.1, 0.15) is 31.0 Å². The first-order valence-corrected chi connectivity index (χ1v) is 8.15. The molecular formula is C18H17ClF4N2O. The molecule has 0 aromatic heterocycles. The van der Waals surface area contributed by atoms with Crippen molar-refractivity contribution in [3.8, 4) is 0 Å². The molecule has 3 nitrogen and oxygen atoms in total. The zero-order valence-corrected chi connectivity index (χ0v) is 14.8. The van der Waals surface area contributed by atoms with Crippen molar-refractivity contribution in [2.24, 2.45) is 0 Å². The molecule has 8 heteroatoms. The number of carbonyl (C=O) groups excluding carboxylic acids is 1. The molecule has 2 aromatic carbocycles. The zero-order valence-electron chi connectivity index (χ0n) is 14.0. The summed E-state index contributed by atoms with van der Waals surface area (Å²) in [5.41, 5.74) is -1.07. The van der Waals surface area contributed by atoms with Crippen molar-refractivity contribution < 1.29 is 22.4 Å². The van der Waals surface area contributed by atoms with E-state index in [1.54, 1.807) is 25.1 Å². The zero-order chi connectivity index (χ0) is 19.5. The Morgan fingerprint density at radius 2 is 1.77 bits per heavy atom. The fraction of sp³-hybridized carbons (Fsp3) is 0.278. The van der Waals surface area contributed by atoms with E-state index in [0.29, 0.717) is 5.56 Å².